The lowest BCUT2D eigenvalue weighted by molar-refractivity contribution is -0.111. The van der Waals surface area contributed by atoms with Crippen molar-refractivity contribution in [3.63, 3.8) is 0 Å². The Labute approximate surface area is 184 Å². The average molecular weight is 416 g/mol. The van der Waals surface area contributed by atoms with E-state index in [1.54, 1.807) is 13.2 Å². The standard InChI is InChI=1S/C27H29NO3/c1-5-22-12-8-10-20(3)27(22)28-26(29)16-14-21-13-15-24(25(17-21)30-4)31-18-23-11-7-6-9-19(23)2/h6-17H,5,18H2,1-4H3,(H,28,29)/b16-14+. The minimum Gasteiger partial charge on any atom is -0.493 e. The van der Waals surface area contributed by atoms with Crippen LogP contribution in [0.15, 0.2) is 66.7 Å². The number of benzene rings is 3. The number of nitrogens with one attached hydrogen (secondary N) is 1. The maximum absolute atomic E-state index is 12.5. The van der Waals surface area contributed by atoms with E-state index in [1.807, 2.05) is 55.5 Å². The maximum Gasteiger partial charge on any atom is 0.248 e. The molecular weight excluding hydrogens is 386 g/mol. The van der Waals surface area contributed by atoms with Gasteiger partial charge in [-0.25, -0.2) is 0 Å². The van der Waals surface area contributed by atoms with Gasteiger partial charge in [-0.2, -0.15) is 0 Å². The van der Waals surface area contributed by atoms with Crippen molar-refractivity contribution in [3.05, 3.63) is 94.6 Å². The number of carbonyl (C=O) groups excluding carboxylic acids is 1. The molecule has 0 spiro atoms. The third kappa shape index (κ3) is 5.76. The van der Waals surface area contributed by atoms with E-state index in [1.165, 1.54) is 11.6 Å². The number of methoxy groups -OCH3 is 1. The van der Waals surface area contributed by atoms with Crippen molar-refractivity contribution in [3.8, 4) is 11.5 Å². The molecule has 0 radical (unpaired) electrons. The first-order valence-electron chi connectivity index (χ1n) is 10.4. The summed E-state index contributed by atoms with van der Waals surface area (Å²) in [6.07, 6.45) is 4.17. The molecule has 0 saturated carbocycles. The van der Waals surface area contributed by atoms with Crippen LogP contribution in [0.3, 0.4) is 0 Å². The Morgan fingerprint density at radius 2 is 1.68 bits per heavy atom. The zero-order valence-corrected chi connectivity index (χ0v) is 18.6. The van der Waals surface area contributed by atoms with Crippen LogP contribution in [-0.2, 0) is 17.8 Å². The molecule has 4 nitrogen and oxygen atoms in total. The van der Waals surface area contributed by atoms with Crippen molar-refractivity contribution in [2.45, 2.75) is 33.8 Å². The first-order valence-corrected chi connectivity index (χ1v) is 10.4. The molecule has 3 aromatic carbocycles. The average Bonchev–Trinajstić information content (AvgIpc) is 2.78. The van der Waals surface area contributed by atoms with E-state index in [0.29, 0.717) is 18.1 Å². The van der Waals surface area contributed by atoms with Crippen LogP contribution in [-0.4, -0.2) is 13.0 Å². The Kier molecular flexibility index (Phi) is 7.50. The van der Waals surface area contributed by atoms with E-state index >= 15 is 0 Å². The van der Waals surface area contributed by atoms with Crippen molar-refractivity contribution in [1.29, 1.82) is 0 Å². The molecule has 0 unspecified atom stereocenters. The molecule has 3 aromatic rings. The zero-order chi connectivity index (χ0) is 22.2. The highest BCUT2D eigenvalue weighted by Crippen LogP contribution is 2.29. The highest BCUT2D eigenvalue weighted by molar-refractivity contribution is 6.02. The summed E-state index contributed by atoms with van der Waals surface area (Å²) in [7, 11) is 1.61. The highest BCUT2D eigenvalue weighted by atomic mass is 16.5. The van der Waals surface area contributed by atoms with E-state index < -0.39 is 0 Å². The molecule has 0 atom stereocenters. The molecule has 0 heterocycles. The molecule has 0 aliphatic heterocycles. The zero-order valence-electron chi connectivity index (χ0n) is 18.6. The number of ether oxygens (including phenoxy) is 2. The predicted octanol–water partition coefficient (Wildman–Crippen LogP) is 6.11. The second-order valence-electron chi connectivity index (χ2n) is 7.41. The minimum absolute atomic E-state index is 0.164. The number of hydrogen-bond donors (Lipinski definition) is 1. The number of carbonyl (C=O) groups is 1. The molecule has 0 bridgehead atoms. The smallest absolute Gasteiger partial charge is 0.248 e. The number of para-hydroxylation sites is 1. The van der Waals surface area contributed by atoms with Gasteiger partial charge in [0.2, 0.25) is 5.91 Å². The molecule has 0 saturated heterocycles. The van der Waals surface area contributed by atoms with Crippen molar-refractivity contribution in [2.24, 2.45) is 0 Å². The Balaban J connectivity index is 1.69. The van der Waals surface area contributed by atoms with Gasteiger partial charge in [-0.1, -0.05) is 55.5 Å². The van der Waals surface area contributed by atoms with Crippen LogP contribution >= 0.6 is 0 Å². The summed E-state index contributed by atoms with van der Waals surface area (Å²) < 4.78 is 11.5. The van der Waals surface area contributed by atoms with E-state index in [4.69, 9.17) is 9.47 Å². The molecule has 0 fully saturated rings. The Morgan fingerprint density at radius 3 is 2.42 bits per heavy atom. The summed E-state index contributed by atoms with van der Waals surface area (Å²) in [4.78, 5) is 12.5. The second-order valence-corrected chi connectivity index (χ2v) is 7.41. The largest absolute Gasteiger partial charge is 0.493 e. The number of amides is 1. The SMILES string of the molecule is CCc1cccc(C)c1NC(=O)/C=C/c1ccc(OCc2ccccc2C)c(OC)c1. The molecule has 3 rings (SSSR count). The van der Waals surface area contributed by atoms with E-state index in [-0.39, 0.29) is 5.91 Å². The lowest BCUT2D eigenvalue weighted by Gasteiger charge is -2.13. The van der Waals surface area contributed by atoms with Gasteiger partial charge in [0, 0.05) is 11.8 Å². The number of aryl methyl sites for hydroxylation is 3. The lowest BCUT2D eigenvalue weighted by atomic mass is 10.1. The summed E-state index contributed by atoms with van der Waals surface area (Å²) in [5, 5.41) is 3.00. The molecule has 1 N–H and O–H groups in total. The monoisotopic (exact) mass is 415 g/mol. The van der Waals surface area contributed by atoms with Crippen LogP contribution in [0.5, 0.6) is 11.5 Å². The van der Waals surface area contributed by atoms with Gasteiger partial charge in [-0.3, -0.25) is 4.79 Å². The van der Waals surface area contributed by atoms with E-state index in [9.17, 15) is 4.79 Å². The van der Waals surface area contributed by atoms with Crippen LogP contribution in [0.2, 0.25) is 0 Å². The van der Waals surface area contributed by atoms with E-state index in [2.05, 4.69) is 31.3 Å². The summed E-state index contributed by atoms with van der Waals surface area (Å²) in [6, 6.07) is 19.8. The summed E-state index contributed by atoms with van der Waals surface area (Å²) >= 11 is 0. The molecule has 31 heavy (non-hydrogen) atoms. The van der Waals surface area contributed by atoms with E-state index in [0.717, 1.165) is 34.4 Å². The minimum atomic E-state index is -0.164. The Morgan fingerprint density at radius 1 is 0.935 bits per heavy atom. The Bertz CT molecular complexity index is 1090. The van der Waals surface area contributed by atoms with Crippen molar-refractivity contribution < 1.29 is 14.3 Å². The van der Waals surface area contributed by atoms with Crippen molar-refractivity contribution in [1.82, 2.24) is 0 Å². The maximum atomic E-state index is 12.5. The molecule has 0 aromatic heterocycles. The molecule has 4 heteroatoms. The second kappa shape index (κ2) is 10.5. The number of hydrogen-bond acceptors (Lipinski definition) is 3. The predicted molar refractivity (Wildman–Crippen MR) is 127 cm³/mol. The summed E-state index contributed by atoms with van der Waals surface area (Å²) in [5.41, 5.74) is 6.24. The van der Waals surface area contributed by atoms with Gasteiger partial charge < -0.3 is 14.8 Å². The third-order valence-electron chi connectivity index (χ3n) is 5.25. The molecule has 160 valence electrons. The fourth-order valence-corrected chi connectivity index (χ4v) is 3.37. The van der Waals surface area contributed by atoms with Gasteiger partial charge in [0.1, 0.15) is 6.61 Å². The van der Waals surface area contributed by atoms with Crippen LogP contribution < -0.4 is 14.8 Å². The first-order chi connectivity index (χ1) is 15.0. The normalized spacial score (nSPS) is 10.8. The number of rotatable bonds is 8. The highest BCUT2D eigenvalue weighted by Gasteiger charge is 2.08. The van der Waals surface area contributed by atoms with Crippen LogP contribution in [0, 0.1) is 13.8 Å². The van der Waals surface area contributed by atoms with Gasteiger partial charge in [0.15, 0.2) is 11.5 Å². The van der Waals surface area contributed by atoms with Crippen LogP contribution in [0.4, 0.5) is 5.69 Å². The molecule has 0 aliphatic carbocycles. The van der Waals surface area contributed by atoms with Gasteiger partial charge in [0.25, 0.3) is 0 Å². The molecule has 1 amide bonds. The molecule has 0 aliphatic rings. The van der Waals surface area contributed by atoms with Crippen molar-refractivity contribution >= 4 is 17.7 Å². The number of anilines is 1. The lowest BCUT2D eigenvalue weighted by Crippen LogP contribution is -2.11. The van der Waals surface area contributed by atoms with Crippen LogP contribution in [0.1, 0.15) is 34.7 Å². The van der Waals surface area contributed by atoms with Crippen LogP contribution in [0.25, 0.3) is 6.08 Å². The Hall–Kier alpha value is -3.53. The topological polar surface area (TPSA) is 47.6 Å². The summed E-state index contributed by atoms with van der Waals surface area (Å²) in [6.45, 7) is 6.61. The fraction of sp³-hybridized carbons (Fsp3) is 0.222. The fourth-order valence-electron chi connectivity index (χ4n) is 3.37. The quantitative estimate of drug-likeness (QED) is 0.452. The van der Waals surface area contributed by atoms with Gasteiger partial charge in [-0.15, -0.1) is 0 Å². The van der Waals surface area contributed by atoms with Gasteiger partial charge >= 0.3 is 0 Å². The van der Waals surface area contributed by atoms with Gasteiger partial charge in [-0.05, 0) is 66.3 Å². The first kappa shape index (κ1) is 22.2. The summed E-state index contributed by atoms with van der Waals surface area (Å²) in [5.74, 6) is 1.13. The third-order valence-corrected chi connectivity index (χ3v) is 5.25. The van der Waals surface area contributed by atoms with Crippen molar-refractivity contribution in [2.75, 3.05) is 12.4 Å². The molecular formula is C27H29NO3. The van der Waals surface area contributed by atoms with Gasteiger partial charge in [0.05, 0.1) is 7.11 Å².